The van der Waals surface area contributed by atoms with Gasteiger partial charge in [0.2, 0.25) is 0 Å². The summed E-state index contributed by atoms with van der Waals surface area (Å²) < 4.78 is 1.91. The van der Waals surface area contributed by atoms with Crippen molar-refractivity contribution >= 4 is 22.6 Å². The molecule has 12 heavy (non-hydrogen) atoms. The number of halogens is 1. The third kappa shape index (κ3) is 0.975. The van der Waals surface area contributed by atoms with Crippen LogP contribution in [0.4, 0.5) is 0 Å². The largest absolute Gasteiger partial charge is 0.347 e. The van der Waals surface area contributed by atoms with E-state index in [0.717, 1.165) is 11.0 Å². The predicted octanol–water partition coefficient (Wildman–Crippen LogP) is 1.93. The molecule has 62 valence electrons. The topological polar surface area (TPSA) is 30.7 Å². The first-order chi connectivity index (χ1) is 5.68. The number of fused-ring (bicyclic) bond motifs is 1. The Morgan fingerprint density at radius 3 is 2.92 bits per heavy atom. The first-order valence-electron chi connectivity index (χ1n) is 3.63. The minimum absolute atomic E-state index is 0.519. The van der Waals surface area contributed by atoms with Crippen LogP contribution in [0.25, 0.3) is 11.0 Å². The summed E-state index contributed by atoms with van der Waals surface area (Å²) in [6.45, 7) is 1.83. The molecule has 0 fully saturated rings. The summed E-state index contributed by atoms with van der Waals surface area (Å²) >= 11 is 5.94. The van der Waals surface area contributed by atoms with Crippen molar-refractivity contribution in [3.63, 3.8) is 0 Å². The van der Waals surface area contributed by atoms with Gasteiger partial charge < -0.3 is 4.57 Å². The molecule has 0 aliphatic heterocycles. The minimum atomic E-state index is 0.519. The molecule has 0 amide bonds. The fraction of sp³-hybridized carbons (Fsp3) is 0.250. The highest BCUT2D eigenvalue weighted by Gasteiger charge is 2.05. The first kappa shape index (κ1) is 7.55. The maximum absolute atomic E-state index is 5.94. The zero-order valence-electron chi connectivity index (χ0n) is 6.87. The second kappa shape index (κ2) is 2.45. The molecule has 2 heterocycles. The zero-order chi connectivity index (χ0) is 8.72. The Hall–Kier alpha value is -1.09. The van der Waals surface area contributed by atoms with Crippen molar-refractivity contribution in [3.05, 3.63) is 23.2 Å². The Balaban J connectivity index is 2.93. The Morgan fingerprint density at radius 2 is 2.17 bits per heavy atom. The van der Waals surface area contributed by atoms with Gasteiger partial charge in [-0.2, -0.15) is 0 Å². The molecule has 0 atom stereocenters. The molecule has 2 rings (SSSR count). The lowest BCUT2D eigenvalue weighted by Crippen LogP contribution is -1.92. The van der Waals surface area contributed by atoms with Crippen LogP contribution in [0.2, 0.25) is 5.15 Å². The van der Waals surface area contributed by atoms with Crippen molar-refractivity contribution in [3.8, 4) is 0 Å². The third-order valence-corrected chi connectivity index (χ3v) is 2.05. The van der Waals surface area contributed by atoms with Gasteiger partial charge in [-0.25, -0.2) is 9.97 Å². The maximum Gasteiger partial charge on any atom is 0.157 e. The van der Waals surface area contributed by atoms with Crippen molar-refractivity contribution in [1.29, 1.82) is 0 Å². The number of aromatic nitrogens is 3. The summed E-state index contributed by atoms with van der Waals surface area (Å²) in [6.07, 6.45) is 1.92. The molecule has 0 N–H and O–H groups in total. The molecule has 0 spiro atoms. The van der Waals surface area contributed by atoms with Crippen molar-refractivity contribution in [2.24, 2.45) is 7.05 Å². The molecule has 0 unspecified atom stereocenters. The Kier molecular flexibility index (Phi) is 1.54. The van der Waals surface area contributed by atoms with Crippen LogP contribution < -0.4 is 0 Å². The molecule has 0 aliphatic carbocycles. The van der Waals surface area contributed by atoms with Crippen molar-refractivity contribution in [1.82, 2.24) is 14.5 Å². The van der Waals surface area contributed by atoms with Crippen molar-refractivity contribution < 1.29 is 0 Å². The molecule has 4 heteroatoms. The monoisotopic (exact) mass is 181 g/mol. The highest BCUT2D eigenvalue weighted by Crippen LogP contribution is 2.19. The second-order valence-electron chi connectivity index (χ2n) is 2.72. The Labute approximate surface area is 75.0 Å². The first-order valence-corrected chi connectivity index (χ1v) is 4.01. The fourth-order valence-corrected chi connectivity index (χ4v) is 1.60. The van der Waals surface area contributed by atoms with E-state index in [-0.39, 0.29) is 0 Å². The average molecular weight is 182 g/mol. The average Bonchev–Trinajstić information content (AvgIpc) is 2.31. The van der Waals surface area contributed by atoms with E-state index in [9.17, 15) is 0 Å². The van der Waals surface area contributed by atoms with E-state index in [4.69, 9.17) is 11.6 Å². The van der Waals surface area contributed by atoms with E-state index in [1.807, 2.05) is 30.8 Å². The van der Waals surface area contributed by atoms with Crippen molar-refractivity contribution in [2.45, 2.75) is 6.92 Å². The molecule has 0 aliphatic rings. The number of nitrogens with zero attached hydrogens (tertiary/aromatic N) is 3. The molecule has 0 saturated heterocycles. The van der Waals surface area contributed by atoms with Gasteiger partial charge in [0.05, 0.1) is 5.52 Å². The van der Waals surface area contributed by atoms with Crippen molar-refractivity contribution in [2.75, 3.05) is 0 Å². The molecule has 2 aromatic heterocycles. The molecule has 3 nitrogen and oxygen atoms in total. The third-order valence-electron chi connectivity index (χ3n) is 1.79. The van der Waals surface area contributed by atoms with Crippen LogP contribution in [0.1, 0.15) is 5.82 Å². The lowest BCUT2D eigenvalue weighted by molar-refractivity contribution is 0.958. The van der Waals surface area contributed by atoms with Crippen LogP contribution in [0.15, 0.2) is 12.3 Å². The summed E-state index contributed by atoms with van der Waals surface area (Å²) in [5.74, 6) is 0.707. The van der Waals surface area contributed by atoms with E-state index in [1.165, 1.54) is 0 Å². The molecule has 0 bridgehead atoms. The summed E-state index contributed by atoms with van der Waals surface area (Å²) in [6, 6.07) is 1.93. The lowest BCUT2D eigenvalue weighted by Gasteiger charge is -1.98. The maximum atomic E-state index is 5.94. The summed E-state index contributed by atoms with van der Waals surface area (Å²) in [5, 5.41) is 0.519. The van der Waals surface area contributed by atoms with Gasteiger partial charge in [0.1, 0.15) is 11.3 Å². The van der Waals surface area contributed by atoms with Gasteiger partial charge in [0.15, 0.2) is 5.15 Å². The van der Waals surface area contributed by atoms with E-state index >= 15 is 0 Å². The van der Waals surface area contributed by atoms with Gasteiger partial charge in [-0.15, -0.1) is 0 Å². The predicted molar refractivity (Wildman–Crippen MR) is 48.3 cm³/mol. The SMILES string of the molecule is Cc1nc(Cl)c2c(ccn2C)n1. The van der Waals surface area contributed by atoms with Gasteiger partial charge in [-0.3, -0.25) is 0 Å². The highest BCUT2D eigenvalue weighted by atomic mass is 35.5. The molecule has 0 radical (unpaired) electrons. The van der Waals surface area contributed by atoms with Gasteiger partial charge in [0, 0.05) is 13.2 Å². The summed E-state index contributed by atoms with van der Waals surface area (Å²) in [5.41, 5.74) is 1.79. The van der Waals surface area contributed by atoms with E-state index < -0.39 is 0 Å². The molecular weight excluding hydrogens is 174 g/mol. The minimum Gasteiger partial charge on any atom is -0.347 e. The smallest absolute Gasteiger partial charge is 0.157 e. The second-order valence-corrected chi connectivity index (χ2v) is 3.08. The normalized spacial score (nSPS) is 10.9. The zero-order valence-corrected chi connectivity index (χ0v) is 7.63. The molecule has 0 saturated carbocycles. The number of hydrogen-bond acceptors (Lipinski definition) is 2. The number of hydrogen-bond donors (Lipinski definition) is 0. The molecular formula is C8H8ClN3. The standard InChI is InChI=1S/C8H8ClN3/c1-5-10-6-3-4-12(2)7(6)8(9)11-5/h3-4H,1-2H3. The van der Waals surface area contributed by atoms with Gasteiger partial charge in [-0.1, -0.05) is 11.6 Å². The van der Waals surface area contributed by atoms with Crippen LogP contribution in [0, 0.1) is 6.92 Å². The van der Waals surface area contributed by atoms with Gasteiger partial charge in [-0.05, 0) is 13.0 Å². The molecule has 2 aromatic rings. The van der Waals surface area contributed by atoms with Crippen LogP contribution >= 0.6 is 11.6 Å². The van der Waals surface area contributed by atoms with E-state index in [2.05, 4.69) is 9.97 Å². The van der Waals surface area contributed by atoms with Crippen LogP contribution in [0.5, 0.6) is 0 Å². The van der Waals surface area contributed by atoms with Gasteiger partial charge in [0.25, 0.3) is 0 Å². The van der Waals surface area contributed by atoms with Crippen LogP contribution in [-0.2, 0) is 7.05 Å². The lowest BCUT2D eigenvalue weighted by atomic mass is 10.4. The summed E-state index contributed by atoms with van der Waals surface area (Å²) in [4.78, 5) is 8.31. The Bertz CT molecular complexity index is 433. The fourth-order valence-electron chi connectivity index (χ4n) is 1.25. The summed E-state index contributed by atoms with van der Waals surface area (Å²) in [7, 11) is 1.92. The quantitative estimate of drug-likeness (QED) is 0.582. The van der Waals surface area contributed by atoms with Gasteiger partial charge >= 0.3 is 0 Å². The van der Waals surface area contributed by atoms with Crippen LogP contribution in [-0.4, -0.2) is 14.5 Å². The number of rotatable bonds is 0. The highest BCUT2D eigenvalue weighted by molar-refractivity contribution is 6.33. The molecule has 0 aromatic carbocycles. The van der Waals surface area contributed by atoms with E-state index in [0.29, 0.717) is 11.0 Å². The Morgan fingerprint density at radius 1 is 1.42 bits per heavy atom. The van der Waals surface area contributed by atoms with E-state index in [1.54, 1.807) is 0 Å². The number of aryl methyl sites for hydroxylation is 2. The van der Waals surface area contributed by atoms with Crippen LogP contribution in [0.3, 0.4) is 0 Å².